The fraction of sp³-hybridized carbons (Fsp3) is 0.562. The second-order valence-corrected chi connectivity index (χ2v) is 5.21. The molecule has 0 bridgehead atoms. The first-order valence-electron chi connectivity index (χ1n) is 7.22. The summed E-state index contributed by atoms with van der Waals surface area (Å²) < 4.78 is 0. The van der Waals surface area contributed by atoms with Crippen LogP contribution in [0.2, 0.25) is 0 Å². The molecule has 0 spiro atoms. The second-order valence-electron chi connectivity index (χ2n) is 5.21. The molecular weight excluding hydrogens is 234 g/mol. The Morgan fingerprint density at radius 1 is 1.26 bits per heavy atom. The van der Waals surface area contributed by atoms with Gasteiger partial charge in [0.1, 0.15) is 0 Å². The van der Waals surface area contributed by atoms with E-state index in [2.05, 4.69) is 41.8 Å². The molecule has 3 heteroatoms. The molecule has 0 aromatic heterocycles. The van der Waals surface area contributed by atoms with Gasteiger partial charge in [0.15, 0.2) is 0 Å². The van der Waals surface area contributed by atoms with Crippen LogP contribution in [0.4, 0.5) is 0 Å². The molecule has 1 saturated heterocycles. The Kier molecular flexibility index (Phi) is 4.95. The van der Waals surface area contributed by atoms with E-state index in [1.807, 2.05) is 12.1 Å². The van der Waals surface area contributed by atoms with Gasteiger partial charge in [0.2, 0.25) is 0 Å². The van der Waals surface area contributed by atoms with Crippen LogP contribution >= 0.6 is 0 Å². The van der Waals surface area contributed by atoms with Gasteiger partial charge in [-0.15, -0.1) is 0 Å². The lowest BCUT2D eigenvalue weighted by molar-refractivity contribution is 0.209. The minimum atomic E-state index is 0.716. The Morgan fingerprint density at radius 3 is 2.53 bits per heavy atom. The molecule has 1 aliphatic rings. The van der Waals surface area contributed by atoms with Crippen molar-refractivity contribution in [1.29, 1.82) is 5.26 Å². The highest BCUT2D eigenvalue weighted by Gasteiger charge is 2.25. The molecule has 1 aliphatic heterocycles. The van der Waals surface area contributed by atoms with Gasteiger partial charge in [-0.2, -0.15) is 5.26 Å². The van der Waals surface area contributed by atoms with Gasteiger partial charge < -0.3 is 0 Å². The highest BCUT2D eigenvalue weighted by molar-refractivity contribution is 5.31. The highest BCUT2D eigenvalue weighted by Crippen LogP contribution is 2.18. The number of benzene rings is 1. The van der Waals surface area contributed by atoms with Gasteiger partial charge in [-0.25, -0.2) is 0 Å². The third-order valence-corrected chi connectivity index (χ3v) is 4.07. The number of likely N-dealkylation sites (tertiary alicyclic amines) is 1. The van der Waals surface area contributed by atoms with Crippen molar-refractivity contribution in [3.8, 4) is 6.07 Å². The Morgan fingerprint density at radius 2 is 1.95 bits per heavy atom. The predicted molar refractivity (Wildman–Crippen MR) is 77.8 cm³/mol. The second kappa shape index (κ2) is 6.70. The molecule has 1 aromatic carbocycles. The maximum atomic E-state index is 8.80. The molecule has 0 N–H and O–H groups in total. The van der Waals surface area contributed by atoms with E-state index >= 15 is 0 Å². The maximum absolute atomic E-state index is 8.80. The molecule has 1 unspecified atom stereocenters. The summed E-state index contributed by atoms with van der Waals surface area (Å²) in [6.45, 7) is 10.1. The fourth-order valence-electron chi connectivity index (χ4n) is 2.94. The van der Waals surface area contributed by atoms with E-state index in [0.29, 0.717) is 6.04 Å². The van der Waals surface area contributed by atoms with E-state index in [0.717, 1.165) is 25.2 Å². The van der Waals surface area contributed by atoms with Crippen LogP contribution < -0.4 is 0 Å². The molecule has 1 atom stereocenters. The highest BCUT2D eigenvalue weighted by atomic mass is 15.2. The summed E-state index contributed by atoms with van der Waals surface area (Å²) in [6, 6.07) is 10.8. The minimum absolute atomic E-state index is 0.716. The SMILES string of the molecule is CCN(CC)C1CCN(Cc2ccc(C#N)cc2)C1. The zero-order valence-electron chi connectivity index (χ0n) is 12.0. The Labute approximate surface area is 116 Å². The lowest BCUT2D eigenvalue weighted by atomic mass is 10.1. The summed E-state index contributed by atoms with van der Waals surface area (Å²) in [5.74, 6) is 0. The van der Waals surface area contributed by atoms with Gasteiger partial charge in [0.05, 0.1) is 11.6 Å². The zero-order valence-corrected chi connectivity index (χ0v) is 12.0. The molecule has 1 fully saturated rings. The monoisotopic (exact) mass is 257 g/mol. The number of hydrogen-bond donors (Lipinski definition) is 0. The van der Waals surface area contributed by atoms with Crippen LogP contribution in [-0.2, 0) is 6.54 Å². The van der Waals surface area contributed by atoms with Crippen molar-refractivity contribution in [1.82, 2.24) is 9.80 Å². The number of nitrogens with zero attached hydrogens (tertiary/aromatic N) is 3. The largest absolute Gasteiger partial charge is 0.300 e. The number of hydrogen-bond acceptors (Lipinski definition) is 3. The number of nitriles is 1. The summed E-state index contributed by atoms with van der Waals surface area (Å²) in [5.41, 5.74) is 2.05. The van der Waals surface area contributed by atoms with Crippen LogP contribution in [0.15, 0.2) is 24.3 Å². The standard InChI is InChI=1S/C16H23N3/c1-3-19(4-2)16-9-10-18(13-16)12-15-7-5-14(11-17)6-8-15/h5-8,16H,3-4,9-10,12-13H2,1-2H3. The molecule has 2 rings (SSSR count). The molecule has 0 amide bonds. The van der Waals surface area contributed by atoms with Gasteiger partial charge >= 0.3 is 0 Å². The van der Waals surface area contributed by atoms with Crippen LogP contribution in [0, 0.1) is 11.3 Å². The Bertz CT molecular complexity index is 428. The molecule has 19 heavy (non-hydrogen) atoms. The first kappa shape index (κ1) is 14.0. The van der Waals surface area contributed by atoms with E-state index in [9.17, 15) is 0 Å². The van der Waals surface area contributed by atoms with E-state index in [4.69, 9.17) is 5.26 Å². The summed E-state index contributed by atoms with van der Waals surface area (Å²) in [6.07, 6.45) is 1.28. The lowest BCUT2D eigenvalue weighted by Gasteiger charge is -2.26. The van der Waals surface area contributed by atoms with E-state index < -0.39 is 0 Å². The third-order valence-electron chi connectivity index (χ3n) is 4.07. The summed E-state index contributed by atoms with van der Waals surface area (Å²) in [7, 11) is 0. The molecule has 1 heterocycles. The van der Waals surface area contributed by atoms with Crippen molar-refractivity contribution >= 4 is 0 Å². The van der Waals surface area contributed by atoms with Crippen molar-refractivity contribution in [3.63, 3.8) is 0 Å². The normalized spacial score (nSPS) is 19.8. The van der Waals surface area contributed by atoms with E-state index in [1.165, 1.54) is 25.1 Å². The van der Waals surface area contributed by atoms with Crippen LogP contribution in [0.5, 0.6) is 0 Å². The van der Waals surface area contributed by atoms with Crippen LogP contribution in [0.25, 0.3) is 0 Å². The Balaban J connectivity index is 1.89. The summed E-state index contributed by atoms with van der Waals surface area (Å²) >= 11 is 0. The van der Waals surface area contributed by atoms with E-state index in [1.54, 1.807) is 0 Å². The topological polar surface area (TPSA) is 30.3 Å². The molecule has 0 aliphatic carbocycles. The average Bonchev–Trinajstić information content (AvgIpc) is 2.89. The van der Waals surface area contributed by atoms with Gasteiger partial charge in [0.25, 0.3) is 0 Å². The first-order chi connectivity index (χ1) is 9.26. The average molecular weight is 257 g/mol. The molecule has 0 saturated carbocycles. The smallest absolute Gasteiger partial charge is 0.0991 e. The molecule has 3 nitrogen and oxygen atoms in total. The van der Waals surface area contributed by atoms with E-state index in [-0.39, 0.29) is 0 Å². The van der Waals surface area contributed by atoms with Gasteiger partial charge in [-0.05, 0) is 37.2 Å². The lowest BCUT2D eigenvalue weighted by Crippen LogP contribution is -2.37. The van der Waals surface area contributed by atoms with Gasteiger partial charge in [-0.3, -0.25) is 9.80 Å². The molecule has 102 valence electrons. The number of rotatable bonds is 5. The van der Waals surface area contributed by atoms with Crippen molar-refractivity contribution in [3.05, 3.63) is 35.4 Å². The first-order valence-corrected chi connectivity index (χ1v) is 7.22. The van der Waals surface area contributed by atoms with Crippen molar-refractivity contribution in [2.75, 3.05) is 26.2 Å². The van der Waals surface area contributed by atoms with Crippen molar-refractivity contribution < 1.29 is 0 Å². The van der Waals surface area contributed by atoms with Crippen molar-refractivity contribution in [2.45, 2.75) is 32.9 Å². The predicted octanol–water partition coefficient (Wildman–Crippen LogP) is 2.47. The fourth-order valence-corrected chi connectivity index (χ4v) is 2.94. The molecule has 0 radical (unpaired) electrons. The van der Waals surface area contributed by atoms with Crippen molar-refractivity contribution in [2.24, 2.45) is 0 Å². The molecule has 1 aromatic rings. The Hall–Kier alpha value is -1.37. The third kappa shape index (κ3) is 3.56. The minimum Gasteiger partial charge on any atom is -0.300 e. The summed E-state index contributed by atoms with van der Waals surface area (Å²) in [5, 5.41) is 8.80. The van der Waals surface area contributed by atoms with Crippen LogP contribution in [0.3, 0.4) is 0 Å². The van der Waals surface area contributed by atoms with Gasteiger partial charge in [-0.1, -0.05) is 26.0 Å². The van der Waals surface area contributed by atoms with Gasteiger partial charge in [0, 0.05) is 25.7 Å². The van der Waals surface area contributed by atoms with Crippen LogP contribution in [-0.4, -0.2) is 42.0 Å². The zero-order chi connectivity index (χ0) is 13.7. The quantitative estimate of drug-likeness (QED) is 0.812. The van der Waals surface area contributed by atoms with Crippen LogP contribution in [0.1, 0.15) is 31.4 Å². The maximum Gasteiger partial charge on any atom is 0.0991 e. The molecular formula is C16H23N3. The summed E-state index contributed by atoms with van der Waals surface area (Å²) in [4.78, 5) is 5.07. The number of likely N-dealkylation sites (N-methyl/N-ethyl adjacent to an activating group) is 1.